The average Bonchev–Trinajstić information content (AvgIpc) is 2.61. The molecule has 0 nitrogen and oxygen atoms in total. The van der Waals surface area contributed by atoms with E-state index in [0.717, 1.165) is 0 Å². The number of fused-ring (bicyclic) bond motifs is 1. The first-order valence-electron chi connectivity index (χ1n) is 5.47. The van der Waals surface area contributed by atoms with Gasteiger partial charge in [0.15, 0.2) is 0 Å². The van der Waals surface area contributed by atoms with Gasteiger partial charge in [-0.2, -0.15) is 6.07 Å². The molecule has 2 rings (SSSR count). The van der Waals surface area contributed by atoms with Crippen LogP contribution in [0.3, 0.4) is 0 Å². The minimum absolute atomic E-state index is 0. The van der Waals surface area contributed by atoms with E-state index in [1.54, 1.807) is 0 Å². The minimum Gasteiger partial charge on any atom is -0.168 e. The van der Waals surface area contributed by atoms with Gasteiger partial charge in [-0.25, -0.2) is 0 Å². The molecule has 0 aromatic heterocycles. The summed E-state index contributed by atoms with van der Waals surface area (Å²) in [5, 5.41) is 2.82. The van der Waals surface area contributed by atoms with Crippen molar-refractivity contribution >= 4 is 10.8 Å². The summed E-state index contributed by atoms with van der Waals surface area (Å²) in [6, 6.07) is 13.2. The Kier molecular flexibility index (Phi) is 4.58. The molecule has 0 radical (unpaired) electrons. The molecule has 0 aliphatic rings. The van der Waals surface area contributed by atoms with Crippen LogP contribution in [0.25, 0.3) is 10.8 Å². The van der Waals surface area contributed by atoms with E-state index in [0.29, 0.717) is 5.92 Å². The molecule has 0 heterocycles. The van der Waals surface area contributed by atoms with Gasteiger partial charge in [0.05, 0.1) is 0 Å². The SMILES string of the molecule is CCCC(C)[c-]1ccc2ccccc21.[Li+]. The summed E-state index contributed by atoms with van der Waals surface area (Å²) in [6.45, 7) is 4.58. The molecule has 2 aromatic carbocycles. The first-order chi connectivity index (χ1) is 6.83. The van der Waals surface area contributed by atoms with Crippen molar-refractivity contribution in [3.05, 3.63) is 42.0 Å². The van der Waals surface area contributed by atoms with E-state index in [9.17, 15) is 0 Å². The van der Waals surface area contributed by atoms with Gasteiger partial charge >= 0.3 is 18.9 Å². The summed E-state index contributed by atoms with van der Waals surface area (Å²) < 4.78 is 0. The van der Waals surface area contributed by atoms with Crippen LogP contribution in [0.5, 0.6) is 0 Å². The normalized spacial score (nSPS) is 12.4. The number of rotatable bonds is 3. The maximum absolute atomic E-state index is 2.32. The summed E-state index contributed by atoms with van der Waals surface area (Å²) in [5.41, 5.74) is 1.52. The van der Waals surface area contributed by atoms with E-state index >= 15 is 0 Å². The molecule has 0 aliphatic heterocycles. The summed E-state index contributed by atoms with van der Waals surface area (Å²) in [6.07, 6.45) is 2.55. The first kappa shape index (κ1) is 12.5. The molecule has 74 valence electrons. The Bertz CT molecular complexity index is 414. The fourth-order valence-corrected chi connectivity index (χ4v) is 2.19. The van der Waals surface area contributed by atoms with Gasteiger partial charge in [-0.15, -0.1) is 40.6 Å². The number of hydrogen-bond acceptors (Lipinski definition) is 0. The Balaban J connectivity index is 0.00000112. The standard InChI is InChI=1S/C14H17.Li/c1-3-6-11(2)13-10-9-12-7-4-5-8-14(12)13;/h4-5,7-11H,3,6H2,1-2H3;/q-1;+1. The van der Waals surface area contributed by atoms with Crippen molar-refractivity contribution in [2.45, 2.75) is 32.6 Å². The average molecular weight is 192 g/mol. The third kappa shape index (κ3) is 2.51. The molecule has 0 bridgehead atoms. The quantitative estimate of drug-likeness (QED) is 0.510. The molecule has 0 saturated heterocycles. The molecular formula is C14H17Li. The minimum atomic E-state index is 0. The molecule has 15 heavy (non-hydrogen) atoms. The van der Waals surface area contributed by atoms with Gasteiger partial charge < -0.3 is 0 Å². The van der Waals surface area contributed by atoms with E-state index in [4.69, 9.17) is 0 Å². The van der Waals surface area contributed by atoms with Crippen LogP contribution in [0.4, 0.5) is 0 Å². The Hall–Kier alpha value is -0.573. The molecule has 0 aliphatic carbocycles. The zero-order valence-electron chi connectivity index (χ0n) is 9.96. The van der Waals surface area contributed by atoms with E-state index in [2.05, 4.69) is 50.2 Å². The largest absolute Gasteiger partial charge is 1.00 e. The van der Waals surface area contributed by atoms with Crippen molar-refractivity contribution in [1.29, 1.82) is 0 Å². The fraction of sp³-hybridized carbons (Fsp3) is 0.357. The van der Waals surface area contributed by atoms with Crippen LogP contribution in [0.1, 0.15) is 38.2 Å². The van der Waals surface area contributed by atoms with Crippen LogP contribution < -0.4 is 18.9 Å². The van der Waals surface area contributed by atoms with Crippen molar-refractivity contribution < 1.29 is 18.9 Å². The predicted molar refractivity (Wildman–Crippen MR) is 62.9 cm³/mol. The summed E-state index contributed by atoms with van der Waals surface area (Å²) in [5.74, 6) is 0.694. The summed E-state index contributed by atoms with van der Waals surface area (Å²) in [4.78, 5) is 0. The first-order valence-corrected chi connectivity index (χ1v) is 5.47. The number of benzene rings is 1. The molecule has 1 atom stereocenters. The van der Waals surface area contributed by atoms with Crippen molar-refractivity contribution in [3.63, 3.8) is 0 Å². The fourth-order valence-electron chi connectivity index (χ4n) is 2.19. The molecule has 2 aromatic rings. The van der Waals surface area contributed by atoms with Gasteiger partial charge in [-0.1, -0.05) is 38.7 Å². The van der Waals surface area contributed by atoms with E-state index in [-0.39, 0.29) is 18.9 Å². The van der Waals surface area contributed by atoms with E-state index < -0.39 is 0 Å². The van der Waals surface area contributed by atoms with Crippen LogP contribution in [0, 0.1) is 0 Å². The molecule has 0 N–H and O–H groups in total. The third-order valence-corrected chi connectivity index (χ3v) is 2.97. The molecule has 1 heteroatoms. The summed E-state index contributed by atoms with van der Waals surface area (Å²) >= 11 is 0. The van der Waals surface area contributed by atoms with Crippen LogP contribution in [-0.4, -0.2) is 0 Å². The van der Waals surface area contributed by atoms with Crippen molar-refractivity contribution in [2.75, 3.05) is 0 Å². The number of hydrogen-bond donors (Lipinski definition) is 0. The van der Waals surface area contributed by atoms with Crippen LogP contribution >= 0.6 is 0 Å². The van der Waals surface area contributed by atoms with Gasteiger partial charge in [0, 0.05) is 0 Å². The Labute approximate surface area is 104 Å². The zero-order valence-corrected chi connectivity index (χ0v) is 9.96. The third-order valence-electron chi connectivity index (χ3n) is 2.97. The molecular weight excluding hydrogens is 175 g/mol. The Morgan fingerprint density at radius 2 is 1.93 bits per heavy atom. The van der Waals surface area contributed by atoms with E-state index in [1.165, 1.54) is 29.2 Å². The molecule has 0 spiro atoms. The second-order valence-electron chi connectivity index (χ2n) is 4.07. The molecule has 0 saturated carbocycles. The van der Waals surface area contributed by atoms with Crippen molar-refractivity contribution in [3.8, 4) is 0 Å². The zero-order chi connectivity index (χ0) is 9.97. The molecule has 0 amide bonds. The predicted octanol–water partition coefficient (Wildman–Crippen LogP) is 1.47. The van der Waals surface area contributed by atoms with Gasteiger partial charge in [-0.3, -0.25) is 0 Å². The maximum atomic E-state index is 2.32. The summed E-state index contributed by atoms with van der Waals surface area (Å²) in [7, 11) is 0. The van der Waals surface area contributed by atoms with Crippen LogP contribution in [0.2, 0.25) is 0 Å². The van der Waals surface area contributed by atoms with E-state index in [1.807, 2.05) is 0 Å². The smallest absolute Gasteiger partial charge is 0.168 e. The maximum Gasteiger partial charge on any atom is 1.00 e. The Morgan fingerprint density at radius 3 is 2.67 bits per heavy atom. The van der Waals surface area contributed by atoms with Gasteiger partial charge in [-0.05, 0) is 0 Å². The van der Waals surface area contributed by atoms with Gasteiger partial charge in [0.1, 0.15) is 0 Å². The monoisotopic (exact) mass is 192 g/mol. The van der Waals surface area contributed by atoms with Crippen molar-refractivity contribution in [2.24, 2.45) is 0 Å². The van der Waals surface area contributed by atoms with Gasteiger partial charge in [0.2, 0.25) is 0 Å². The second kappa shape index (κ2) is 5.49. The molecule has 0 fully saturated rings. The van der Waals surface area contributed by atoms with Crippen molar-refractivity contribution in [1.82, 2.24) is 0 Å². The topological polar surface area (TPSA) is 0 Å². The molecule has 1 unspecified atom stereocenters. The van der Waals surface area contributed by atoms with Gasteiger partial charge in [0.25, 0.3) is 0 Å². The van der Waals surface area contributed by atoms with Crippen LogP contribution in [-0.2, 0) is 0 Å². The van der Waals surface area contributed by atoms with Crippen LogP contribution in [0.15, 0.2) is 36.4 Å². The Morgan fingerprint density at radius 1 is 1.20 bits per heavy atom. The second-order valence-corrected chi connectivity index (χ2v) is 4.07.